The molecule has 0 aliphatic rings. The van der Waals surface area contributed by atoms with Crippen molar-refractivity contribution in [2.75, 3.05) is 40.3 Å². The molecule has 0 aliphatic carbocycles. The normalized spacial score (nSPS) is 10.3. The predicted octanol–water partition coefficient (Wildman–Crippen LogP) is 2.70. The van der Waals surface area contributed by atoms with E-state index in [1.54, 1.807) is 0 Å². The Morgan fingerprint density at radius 2 is 0.929 bits per heavy atom. The lowest BCUT2D eigenvalue weighted by molar-refractivity contribution is 0.257. The van der Waals surface area contributed by atoms with E-state index in [0.29, 0.717) is 0 Å². The average molecular weight is 202 g/mol. The fourth-order valence-corrected chi connectivity index (χ4v) is 1.33. The predicted molar refractivity (Wildman–Crippen MR) is 66.9 cm³/mol. The van der Waals surface area contributed by atoms with Gasteiger partial charge in [-0.1, -0.05) is 27.7 Å². The molecule has 0 saturated heterocycles. The molecule has 0 aliphatic heterocycles. The molecule has 0 N–H and O–H groups in total. The largest absolute Gasteiger partial charge is 0.305 e. The molecule has 14 heavy (non-hydrogen) atoms. The van der Waals surface area contributed by atoms with Crippen LogP contribution < -0.4 is 0 Å². The van der Waals surface area contributed by atoms with Gasteiger partial charge in [0.2, 0.25) is 0 Å². The highest BCUT2D eigenvalue weighted by Gasteiger charge is 1.99. The monoisotopic (exact) mass is 202 g/mol. The van der Waals surface area contributed by atoms with Crippen molar-refractivity contribution in [2.24, 2.45) is 0 Å². The number of likely N-dealkylation sites (N-methyl/N-ethyl adjacent to an activating group) is 2. The first-order chi connectivity index (χ1) is 6.70. The van der Waals surface area contributed by atoms with Crippen molar-refractivity contribution < 1.29 is 0 Å². The molecule has 0 spiro atoms. The molecule has 0 bridgehead atoms. The maximum atomic E-state index is 2.40. The summed E-state index contributed by atoms with van der Waals surface area (Å²) in [6.07, 6.45) is 2.52. The maximum absolute atomic E-state index is 2.40. The van der Waals surface area contributed by atoms with Crippen molar-refractivity contribution in [1.29, 1.82) is 0 Å². The van der Waals surface area contributed by atoms with E-state index in [9.17, 15) is 0 Å². The molecular formula is C12H30N2. The molecule has 0 atom stereocenters. The first-order valence-corrected chi connectivity index (χ1v) is 6.07. The first kappa shape index (κ1) is 16.4. The van der Waals surface area contributed by atoms with Crippen LogP contribution in [0.25, 0.3) is 0 Å². The summed E-state index contributed by atoms with van der Waals surface area (Å²) in [7, 11) is 4.40. The van der Waals surface area contributed by atoms with Gasteiger partial charge in [-0.25, -0.2) is 0 Å². The summed E-state index contributed by atoms with van der Waals surface area (Å²) in [4.78, 5) is 4.79. The van der Waals surface area contributed by atoms with Gasteiger partial charge in [-0.15, -0.1) is 0 Å². The van der Waals surface area contributed by atoms with Gasteiger partial charge in [0.05, 0.1) is 0 Å². The van der Waals surface area contributed by atoms with Crippen molar-refractivity contribution in [2.45, 2.75) is 40.5 Å². The van der Waals surface area contributed by atoms with Gasteiger partial charge in [0, 0.05) is 13.1 Å². The molecule has 0 aromatic carbocycles. The fraction of sp³-hybridized carbons (Fsp3) is 1.00. The van der Waals surface area contributed by atoms with E-state index in [1.807, 2.05) is 13.8 Å². The van der Waals surface area contributed by atoms with Crippen molar-refractivity contribution >= 4 is 0 Å². The quantitative estimate of drug-likeness (QED) is 0.626. The molecule has 2 nitrogen and oxygen atoms in total. The first-order valence-electron chi connectivity index (χ1n) is 6.07. The Hall–Kier alpha value is -0.0800. The highest BCUT2D eigenvalue weighted by atomic mass is 15.2. The lowest BCUT2D eigenvalue weighted by Gasteiger charge is -2.20. The molecule has 0 fully saturated rings. The van der Waals surface area contributed by atoms with Gasteiger partial charge in [0.25, 0.3) is 0 Å². The molecule has 0 amide bonds. The van der Waals surface area contributed by atoms with E-state index >= 15 is 0 Å². The number of hydrogen-bond donors (Lipinski definition) is 0. The smallest absolute Gasteiger partial charge is 0.0106 e. The third-order valence-corrected chi connectivity index (χ3v) is 2.07. The van der Waals surface area contributed by atoms with Crippen LogP contribution in [0.15, 0.2) is 0 Å². The molecule has 2 heteroatoms. The number of rotatable bonds is 7. The summed E-state index contributed by atoms with van der Waals surface area (Å²) in [5.74, 6) is 0. The molecule has 0 saturated carbocycles. The van der Waals surface area contributed by atoms with Crippen LogP contribution in [0.2, 0.25) is 0 Å². The molecule has 0 radical (unpaired) electrons. The lowest BCUT2D eigenvalue weighted by Crippen LogP contribution is -2.31. The SMILES string of the molecule is CC.CCCN(C)CCN(C)CCC. The second kappa shape index (κ2) is 12.9. The van der Waals surface area contributed by atoms with Gasteiger partial charge in [-0.2, -0.15) is 0 Å². The number of hydrogen-bond acceptors (Lipinski definition) is 2. The average Bonchev–Trinajstić information content (AvgIpc) is 2.19. The summed E-state index contributed by atoms with van der Waals surface area (Å²) in [5, 5.41) is 0. The van der Waals surface area contributed by atoms with E-state index in [4.69, 9.17) is 0 Å². The summed E-state index contributed by atoms with van der Waals surface area (Å²) in [6.45, 7) is 13.3. The fourth-order valence-electron chi connectivity index (χ4n) is 1.33. The Morgan fingerprint density at radius 1 is 0.643 bits per heavy atom. The van der Waals surface area contributed by atoms with Gasteiger partial charge in [0.15, 0.2) is 0 Å². The summed E-state index contributed by atoms with van der Waals surface area (Å²) >= 11 is 0. The van der Waals surface area contributed by atoms with E-state index in [0.717, 1.165) is 0 Å². The minimum Gasteiger partial charge on any atom is -0.305 e. The Bertz CT molecular complexity index is 82.3. The van der Waals surface area contributed by atoms with Crippen LogP contribution >= 0.6 is 0 Å². The Labute approximate surface area is 91.3 Å². The lowest BCUT2D eigenvalue weighted by atomic mass is 10.4. The van der Waals surface area contributed by atoms with Crippen LogP contribution in [-0.2, 0) is 0 Å². The minimum atomic E-state index is 1.20. The zero-order chi connectivity index (χ0) is 11.4. The second-order valence-corrected chi connectivity index (χ2v) is 3.61. The third kappa shape index (κ3) is 11.9. The molecule has 88 valence electrons. The second-order valence-electron chi connectivity index (χ2n) is 3.61. The molecule has 0 heterocycles. The van der Waals surface area contributed by atoms with Crippen LogP contribution in [0.5, 0.6) is 0 Å². The molecule has 0 rings (SSSR count). The molecule has 0 unspecified atom stereocenters. The van der Waals surface area contributed by atoms with Gasteiger partial charge in [0.1, 0.15) is 0 Å². The van der Waals surface area contributed by atoms with E-state index in [2.05, 4.69) is 37.7 Å². The minimum absolute atomic E-state index is 1.20. The standard InChI is InChI=1S/C10H24N2.C2H6/c1-5-7-11(3)9-10-12(4)8-6-2;1-2/h5-10H2,1-4H3;1-2H3. The topological polar surface area (TPSA) is 6.48 Å². The zero-order valence-electron chi connectivity index (χ0n) is 11.1. The highest BCUT2D eigenvalue weighted by molar-refractivity contribution is 4.55. The summed E-state index contributed by atoms with van der Waals surface area (Å²) < 4.78 is 0. The zero-order valence-corrected chi connectivity index (χ0v) is 11.1. The van der Waals surface area contributed by atoms with Crippen LogP contribution in [0, 0.1) is 0 Å². The van der Waals surface area contributed by atoms with Gasteiger partial charge in [-0.3, -0.25) is 0 Å². The van der Waals surface area contributed by atoms with Gasteiger partial charge < -0.3 is 9.80 Å². The van der Waals surface area contributed by atoms with Crippen molar-refractivity contribution in [3.05, 3.63) is 0 Å². The van der Waals surface area contributed by atoms with Gasteiger partial charge in [-0.05, 0) is 40.0 Å². The van der Waals surface area contributed by atoms with Gasteiger partial charge >= 0.3 is 0 Å². The van der Waals surface area contributed by atoms with E-state index in [1.165, 1.54) is 39.0 Å². The highest BCUT2D eigenvalue weighted by Crippen LogP contribution is 1.89. The molecular weight excluding hydrogens is 172 g/mol. The third-order valence-electron chi connectivity index (χ3n) is 2.07. The Kier molecular flexibility index (Phi) is 15.1. The molecule has 0 aromatic heterocycles. The summed E-state index contributed by atoms with van der Waals surface area (Å²) in [5.41, 5.74) is 0. The molecule has 0 aromatic rings. The van der Waals surface area contributed by atoms with Crippen LogP contribution in [0.3, 0.4) is 0 Å². The number of nitrogens with zero attached hydrogens (tertiary/aromatic N) is 2. The van der Waals surface area contributed by atoms with Crippen molar-refractivity contribution in [1.82, 2.24) is 9.80 Å². The Balaban J connectivity index is 0. The van der Waals surface area contributed by atoms with Crippen LogP contribution in [0.4, 0.5) is 0 Å². The maximum Gasteiger partial charge on any atom is 0.0106 e. The summed E-state index contributed by atoms with van der Waals surface area (Å²) in [6, 6.07) is 0. The van der Waals surface area contributed by atoms with Crippen LogP contribution in [-0.4, -0.2) is 50.1 Å². The van der Waals surface area contributed by atoms with E-state index in [-0.39, 0.29) is 0 Å². The van der Waals surface area contributed by atoms with Crippen LogP contribution in [0.1, 0.15) is 40.5 Å². The van der Waals surface area contributed by atoms with Crippen molar-refractivity contribution in [3.63, 3.8) is 0 Å². The van der Waals surface area contributed by atoms with Crippen molar-refractivity contribution in [3.8, 4) is 0 Å². The van der Waals surface area contributed by atoms with E-state index < -0.39 is 0 Å². The Morgan fingerprint density at radius 3 is 1.14 bits per heavy atom.